The number of nitrogen functional groups attached to an aromatic ring is 1. The van der Waals surface area contributed by atoms with Gasteiger partial charge in [-0.2, -0.15) is 0 Å². The fourth-order valence-electron chi connectivity index (χ4n) is 2.59. The van der Waals surface area contributed by atoms with Crippen molar-refractivity contribution in [3.8, 4) is 0 Å². The first-order valence-corrected chi connectivity index (χ1v) is 6.95. The number of nitrogens with one attached hydrogen (secondary N) is 1. The van der Waals surface area contributed by atoms with Crippen molar-refractivity contribution in [3.63, 3.8) is 0 Å². The van der Waals surface area contributed by atoms with Crippen molar-refractivity contribution in [2.24, 2.45) is 0 Å². The molecule has 3 aromatic rings. The molecule has 3 rings (SSSR count). The van der Waals surface area contributed by atoms with Crippen LogP contribution in [0.25, 0.3) is 21.9 Å². The van der Waals surface area contributed by atoms with Crippen molar-refractivity contribution >= 4 is 27.8 Å². The number of benzene rings is 1. The molecule has 0 fully saturated rings. The second-order valence-corrected chi connectivity index (χ2v) is 5.06. The van der Waals surface area contributed by atoms with Crippen molar-refractivity contribution in [3.05, 3.63) is 35.9 Å². The van der Waals surface area contributed by atoms with Gasteiger partial charge in [0.2, 0.25) is 0 Å². The van der Waals surface area contributed by atoms with Crippen LogP contribution in [0.5, 0.6) is 0 Å². The molecule has 2 aromatic heterocycles. The minimum Gasteiger partial charge on any atom is -0.383 e. The maximum atomic E-state index is 6.06. The van der Waals surface area contributed by atoms with Crippen molar-refractivity contribution < 1.29 is 0 Å². The highest BCUT2D eigenvalue weighted by molar-refractivity contribution is 6.06. The second kappa shape index (κ2) is 4.92. The van der Waals surface area contributed by atoms with E-state index in [2.05, 4.69) is 41.2 Å². The molecule has 1 aromatic carbocycles. The quantitative estimate of drug-likeness (QED) is 0.690. The maximum Gasteiger partial charge on any atom is 0.140 e. The van der Waals surface area contributed by atoms with Gasteiger partial charge in [-0.3, -0.25) is 0 Å². The number of aromatic amines is 1. The van der Waals surface area contributed by atoms with Crippen LogP contribution in [0, 0.1) is 0 Å². The fraction of sp³-hybridized carbons (Fsp3) is 0.312. The maximum absolute atomic E-state index is 6.06. The zero-order valence-corrected chi connectivity index (χ0v) is 11.2. The van der Waals surface area contributed by atoms with Crippen LogP contribution in [0.4, 0.5) is 5.82 Å². The zero-order valence-electron chi connectivity index (χ0n) is 11.2. The highest BCUT2D eigenvalue weighted by atomic mass is 14.9. The van der Waals surface area contributed by atoms with Crippen LogP contribution < -0.4 is 5.73 Å². The summed E-state index contributed by atoms with van der Waals surface area (Å²) in [5, 5.41) is 2.40. The molecule has 98 valence electrons. The summed E-state index contributed by atoms with van der Waals surface area (Å²) in [5.41, 5.74) is 9.24. The van der Waals surface area contributed by atoms with E-state index in [9.17, 15) is 0 Å². The average Bonchev–Trinajstić information content (AvgIpc) is 2.76. The van der Waals surface area contributed by atoms with Gasteiger partial charge >= 0.3 is 0 Å². The summed E-state index contributed by atoms with van der Waals surface area (Å²) in [6.07, 6.45) is 4.66. The molecule has 0 saturated heterocycles. The van der Waals surface area contributed by atoms with Gasteiger partial charge in [0, 0.05) is 16.3 Å². The minimum atomic E-state index is 0.662. The number of hydrogen-bond donors (Lipinski definition) is 2. The molecule has 0 spiro atoms. The number of aromatic nitrogens is 2. The highest BCUT2D eigenvalue weighted by Gasteiger charge is 2.09. The van der Waals surface area contributed by atoms with Crippen LogP contribution in [0.1, 0.15) is 31.7 Å². The number of nitrogens with zero attached hydrogens (tertiary/aromatic N) is 1. The molecule has 3 N–H and O–H groups in total. The number of rotatable bonds is 4. The number of unbranched alkanes of at least 4 members (excludes halogenated alkanes) is 2. The van der Waals surface area contributed by atoms with E-state index >= 15 is 0 Å². The first-order chi connectivity index (χ1) is 9.29. The first-order valence-electron chi connectivity index (χ1n) is 6.95. The molecule has 0 aliphatic heterocycles. The predicted octanol–water partition coefficient (Wildman–Crippen LogP) is 4.03. The third kappa shape index (κ3) is 2.16. The normalized spacial score (nSPS) is 11.4. The molecule has 0 bridgehead atoms. The molecule has 0 saturated carbocycles. The number of anilines is 1. The molecular formula is C16H19N3. The summed E-state index contributed by atoms with van der Waals surface area (Å²) in [6, 6.07) is 10.5. The van der Waals surface area contributed by atoms with E-state index in [0.29, 0.717) is 5.82 Å². The van der Waals surface area contributed by atoms with E-state index < -0.39 is 0 Å². The summed E-state index contributed by atoms with van der Waals surface area (Å²) in [5.74, 6) is 0.662. The molecule has 2 heterocycles. The molecule has 0 amide bonds. The van der Waals surface area contributed by atoms with Gasteiger partial charge in [-0.15, -0.1) is 0 Å². The number of para-hydroxylation sites is 1. The third-order valence-electron chi connectivity index (χ3n) is 3.65. The predicted molar refractivity (Wildman–Crippen MR) is 81.2 cm³/mol. The van der Waals surface area contributed by atoms with Gasteiger partial charge < -0.3 is 10.7 Å². The number of aryl methyl sites for hydroxylation is 1. The average molecular weight is 253 g/mol. The standard InChI is InChI=1S/C16H19N3/c1-2-3-4-7-11-10-13-12-8-5-6-9-14(12)18-16(13)19-15(11)17/h5-6,8-10H,2-4,7H2,1H3,(H3,17,18,19). The minimum absolute atomic E-state index is 0.662. The Kier molecular flexibility index (Phi) is 3.11. The smallest absolute Gasteiger partial charge is 0.140 e. The monoisotopic (exact) mass is 253 g/mol. The van der Waals surface area contributed by atoms with E-state index in [1.165, 1.54) is 35.6 Å². The molecule has 19 heavy (non-hydrogen) atoms. The third-order valence-corrected chi connectivity index (χ3v) is 3.65. The summed E-state index contributed by atoms with van der Waals surface area (Å²) >= 11 is 0. The van der Waals surface area contributed by atoms with Gasteiger partial charge in [-0.25, -0.2) is 4.98 Å². The Morgan fingerprint density at radius 3 is 2.84 bits per heavy atom. The number of nitrogens with two attached hydrogens (primary N) is 1. The molecular weight excluding hydrogens is 234 g/mol. The van der Waals surface area contributed by atoms with E-state index in [1.807, 2.05) is 6.07 Å². The Morgan fingerprint density at radius 2 is 2.00 bits per heavy atom. The summed E-state index contributed by atoms with van der Waals surface area (Å²) in [6.45, 7) is 2.21. The topological polar surface area (TPSA) is 54.7 Å². The van der Waals surface area contributed by atoms with E-state index in [1.54, 1.807) is 0 Å². The zero-order chi connectivity index (χ0) is 13.2. The lowest BCUT2D eigenvalue weighted by molar-refractivity contribution is 0.718. The van der Waals surface area contributed by atoms with Gasteiger partial charge in [-0.1, -0.05) is 38.0 Å². The number of H-pyrrole nitrogens is 1. The number of fused-ring (bicyclic) bond motifs is 3. The van der Waals surface area contributed by atoms with Gasteiger partial charge in [0.05, 0.1) is 0 Å². The SMILES string of the molecule is CCCCCc1cc2c(nc1N)[nH]c1ccccc12. The Balaban J connectivity index is 2.09. The van der Waals surface area contributed by atoms with Crippen molar-refractivity contribution in [2.75, 3.05) is 5.73 Å². The Bertz CT molecular complexity index is 712. The Hall–Kier alpha value is -2.03. The summed E-state index contributed by atoms with van der Waals surface area (Å²) < 4.78 is 0. The van der Waals surface area contributed by atoms with Crippen LogP contribution in [0.15, 0.2) is 30.3 Å². The van der Waals surface area contributed by atoms with Crippen LogP contribution in [-0.4, -0.2) is 9.97 Å². The lowest BCUT2D eigenvalue weighted by Crippen LogP contribution is -1.98. The molecule has 0 aliphatic rings. The van der Waals surface area contributed by atoms with Crippen molar-refractivity contribution in [1.82, 2.24) is 9.97 Å². The van der Waals surface area contributed by atoms with Crippen LogP contribution in [0.3, 0.4) is 0 Å². The van der Waals surface area contributed by atoms with Crippen molar-refractivity contribution in [2.45, 2.75) is 32.6 Å². The van der Waals surface area contributed by atoms with E-state index in [4.69, 9.17) is 5.73 Å². The largest absolute Gasteiger partial charge is 0.383 e. The van der Waals surface area contributed by atoms with E-state index in [0.717, 1.165) is 17.6 Å². The molecule has 0 aliphatic carbocycles. The van der Waals surface area contributed by atoms with E-state index in [-0.39, 0.29) is 0 Å². The number of hydrogen-bond acceptors (Lipinski definition) is 2. The van der Waals surface area contributed by atoms with Crippen LogP contribution >= 0.6 is 0 Å². The molecule has 0 atom stereocenters. The molecule has 3 nitrogen and oxygen atoms in total. The molecule has 0 unspecified atom stereocenters. The molecule has 0 radical (unpaired) electrons. The first kappa shape index (κ1) is 12.0. The Labute approximate surface area is 112 Å². The van der Waals surface area contributed by atoms with Crippen LogP contribution in [0.2, 0.25) is 0 Å². The van der Waals surface area contributed by atoms with Crippen molar-refractivity contribution in [1.29, 1.82) is 0 Å². The lowest BCUT2D eigenvalue weighted by atomic mass is 10.1. The van der Waals surface area contributed by atoms with Gasteiger partial charge in [0.15, 0.2) is 0 Å². The second-order valence-electron chi connectivity index (χ2n) is 5.06. The number of pyridine rings is 1. The summed E-state index contributed by atoms with van der Waals surface area (Å²) in [4.78, 5) is 7.84. The lowest BCUT2D eigenvalue weighted by Gasteiger charge is -2.04. The van der Waals surface area contributed by atoms with Gasteiger partial charge in [-0.05, 0) is 30.5 Å². The van der Waals surface area contributed by atoms with Gasteiger partial charge in [0.1, 0.15) is 11.5 Å². The Morgan fingerprint density at radius 1 is 1.16 bits per heavy atom. The fourth-order valence-corrected chi connectivity index (χ4v) is 2.59. The molecule has 3 heteroatoms. The summed E-state index contributed by atoms with van der Waals surface area (Å²) in [7, 11) is 0. The highest BCUT2D eigenvalue weighted by Crippen LogP contribution is 2.27. The van der Waals surface area contributed by atoms with Gasteiger partial charge in [0.25, 0.3) is 0 Å². The van der Waals surface area contributed by atoms with Crippen LogP contribution in [-0.2, 0) is 6.42 Å².